The molecule has 0 radical (unpaired) electrons. The van der Waals surface area contributed by atoms with Crippen molar-refractivity contribution in [2.75, 3.05) is 19.8 Å². The topological polar surface area (TPSA) is 38.8 Å². The first-order valence-electron chi connectivity index (χ1n) is 8.29. The molecule has 0 N–H and O–H groups in total. The van der Waals surface area contributed by atoms with Crippen LogP contribution < -0.4 is 9.47 Å². The minimum Gasteiger partial charge on any atom is -0.486 e. The van der Waals surface area contributed by atoms with Gasteiger partial charge in [0.1, 0.15) is 13.2 Å². The van der Waals surface area contributed by atoms with Gasteiger partial charge < -0.3 is 14.4 Å². The van der Waals surface area contributed by atoms with Crippen molar-refractivity contribution >= 4 is 29.1 Å². The van der Waals surface area contributed by atoms with Gasteiger partial charge in [0.2, 0.25) is 0 Å². The number of nitrogens with zero attached hydrogens (tertiary/aromatic N) is 1. The summed E-state index contributed by atoms with van der Waals surface area (Å²) in [5.74, 6) is 1.48. The molecule has 2 aromatic carbocycles. The molecule has 0 aliphatic carbocycles. The maximum absolute atomic E-state index is 13.0. The molecular weight excluding hydrogens is 361 g/mol. The molecular formula is C19H17Cl2NO3. The average molecular weight is 378 g/mol. The van der Waals surface area contributed by atoms with Gasteiger partial charge in [0.15, 0.2) is 11.5 Å². The zero-order valence-electron chi connectivity index (χ0n) is 13.5. The Balaban J connectivity index is 1.61. The second kappa shape index (κ2) is 6.77. The smallest absolute Gasteiger partial charge is 0.254 e. The lowest BCUT2D eigenvalue weighted by molar-refractivity contribution is 0.0735. The van der Waals surface area contributed by atoms with Crippen molar-refractivity contribution in [1.82, 2.24) is 4.90 Å². The summed E-state index contributed by atoms with van der Waals surface area (Å²) in [5.41, 5.74) is 1.62. The Morgan fingerprint density at radius 2 is 1.80 bits per heavy atom. The van der Waals surface area contributed by atoms with E-state index in [-0.39, 0.29) is 11.9 Å². The fraction of sp³-hybridized carbons (Fsp3) is 0.316. The molecule has 0 spiro atoms. The second-order valence-corrected chi connectivity index (χ2v) is 7.00. The van der Waals surface area contributed by atoms with E-state index in [9.17, 15) is 4.79 Å². The summed E-state index contributed by atoms with van der Waals surface area (Å²) in [4.78, 5) is 14.8. The highest BCUT2D eigenvalue weighted by molar-refractivity contribution is 6.42. The standard InChI is InChI=1S/C19H17Cl2NO3/c20-14-5-3-13(10-15(14)21)19(23)22-7-1-2-16(22)12-4-6-17-18(11-12)25-9-8-24-17/h3-6,10-11,16H,1-2,7-9H2. The lowest BCUT2D eigenvalue weighted by Gasteiger charge is -2.27. The largest absolute Gasteiger partial charge is 0.486 e. The van der Waals surface area contributed by atoms with Crippen LogP contribution in [0.15, 0.2) is 36.4 Å². The number of halogens is 2. The normalized spacial score (nSPS) is 19.1. The molecule has 2 aliphatic heterocycles. The molecule has 2 aromatic rings. The molecule has 0 aromatic heterocycles. The molecule has 1 saturated heterocycles. The molecule has 1 fully saturated rings. The molecule has 6 heteroatoms. The molecule has 2 aliphatic rings. The fourth-order valence-corrected chi connectivity index (χ4v) is 3.72. The summed E-state index contributed by atoms with van der Waals surface area (Å²) < 4.78 is 11.2. The molecule has 130 valence electrons. The molecule has 0 saturated carbocycles. The third-order valence-corrected chi connectivity index (χ3v) is 5.37. The number of likely N-dealkylation sites (tertiary alicyclic amines) is 1. The Labute approximate surface area is 156 Å². The predicted octanol–water partition coefficient (Wildman–Crippen LogP) is 4.74. The van der Waals surface area contributed by atoms with Crippen LogP contribution in [-0.4, -0.2) is 30.6 Å². The van der Waals surface area contributed by atoms with Gasteiger partial charge in [-0.3, -0.25) is 4.79 Å². The maximum atomic E-state index is 13.0. The van der Waals surface area contributed by atoms with E-state index in [0.717, 1.165) is 36.4 Å². The van der Waals surface area contributed by atoms with Crippen molar-refractivity contribution in [1.29, 1.82) is 0 Å². The van der Waals surface area contributed by atoms with Gasteiger partial charge in [-0.2, -0.15) is 0 Å². The minimum atomic E-state index is -0.0315. The first kappa shape index (κ1) is 16.6. The summed E-state index contributed by atoms with van der Waals surface area (Å²) in [7, 11) is 0. The number of ether oxygens (including phenoxy) is 2. The Morgan fingerprint density at radius 3 is 2.60 bits per heavy atom. The monoisotopic (exact) mass is 377 g/mol. The van der Waals surface area contributed by atoms with Gasteiger partial charge in [-0.15, -0.1) is 0 Å². The molecule has 2 heterocycles. The van der Waals surface area contributed by atoms with E-state index in [1.165, 1.54) is 0 Å². The van der Waals surface area contributed by atoms with Crippen LogP contribution in [0.5, 0.6) is 11.5 Å². The molecule has 25 heavy (non-hydrogen) atoms. The summed E-state index contributed by atoms with van der Waals surface area (Å²) in [6.07, 6.45) is 1.89. The van der Waals surface area contributed by atoms with Crippen molar-refractivity contribution in [2.24, 2.45) is 0 Å². The van der Waals surface area contributed by atoms with Crippen molar-refractivity contribution < 1.29 is 14.3 Å². The molecule has 0 bridgehead atoms. The predicted molar refractivity (Wildman–Crippen MR) is 96.9 cm³/mol. The van der Waals surface area contributed by atoms with Gasteiger partial charge in [0, 0.05) is 12.1 Å². The quantitative estimate of drug-likeness (QED) is 0.758. The van der Waals surface area contributed by atoms with Crippen LogP contribution in [0.3, 0.4) is 0 Å². The van der Waals surface area contributed by atoms with Gasteiger partial charge in [0.05, 0.1) is 16.1 Å². The number of amides is 1. The average Bonchev–Trinajstić information content (AvgIpc) is 3.12. The third-order valence-electron chi connectivity index (χ3n) is 4.63. The highest BCUT2D eigenvalue weighted by atomic mass is 35.5. The van der Waals surface area contributed by atoms with Gasteiger partial charge >= 0.3 is 0 Å². The summed E-state index contributed by atoms with van der Waals surface area (Å²) in [5, 5.41) is 0.839. The third kappa shape index (κ3) is 3.16. The van der Waals surface area contributed by atoms with Crippen LogP contribution in [0.4, 0.5) is 0 Å². The number of hydrogen-bond acceptors (Lipinski definition) is 3. The molecule has 4 rings (SSSR count). The van der Waals surface area contributed by atoms with E-state index in [1.54, 1.807) is 18.2 Å². The number of carbonyl (C=O) groups is 1. The molecule has 1 unspecified atom stereocenters. The lowest BCUT2D eigenvalue weighted by Crippen LogP contribution is -2.30. The van der Waals surface area contributed by atoms with Crippen molar-refractivity contribution in [2.45, 2.75) is 18.9 Å². The lowest BCUT2D eigenvalue weighted by atomic mass is 10.0. The van der Waals surface area contributed by atoms with Gasteiger partial charge in [-0.25, -0.2) is 0 Å². The Hall–Kier alpha value is -1.91. The van der Waals surface area contributed by atoms with Crippen molar-refractivity contribution in [3.05, 3.63) is 57.6 Å². The van der Waals surface area contributed by atoms with E-state index < -0.39 is 0 Å². The molecule has 1 atom stereocenters. The SMILES string of the molecule is O=C(c1ccc(Cl)c(Cl)c1)N1CCCC1c1ccc2c(c1)OCCO2. The Bertz CT molecular complexity index is 824. The molecule has 1 amide bonds. The van der Waals surface area contributed by atoms with Gasteiger partial charge in [-0.05, 0) is 48.7 Å². The highest BCUT2D eigenvalue weighted by Gasteiger charge is 2.31. The maximum Gasteiger partial charge on any atom is 0.254 e. The number of fused-ring (bicyclic) bond motifs is 1. The zero-order chi connectivity index (χ0) is 17.4. The van der Waals surface area contributed by atoms with E-state index in [0.29, 0.717) is 28.8 Å². The van der Waals surface area contributed by atoms with E-state index in [1.807, 2.05) is 23.1 Å². The summed E-state index contributed by atoms with van der Waals surface area (Å²) >= 11 is 12.0. The minimum absolute atomic E-state index is 0.0257. The highest BCUT2D eigenvalue weighted by Crippen LogP contribution is 2.39. The van der Waals surface area contributed by atoms with E-state index >= 15 is 0 Å². The van der Waals surface area contributed by atoms with Crippen LogP contribution in [-0.2, 0) is 0 Å². The van der Waals surface area contributed by atoms with Crippen LogP contribution in [0.25, 0.3) is 0 Å². The Kier molecular flexibility index (Phi) is 4.48. The van der Waals surface area contributed by atoms with Crippen molar-refractivity contribution in [3.63, 3.8) is 0 Å². The van der Waals surface area contributed by atoms with Crippen LogP contribution in [0.1, 0.15) is 34.8 Å². The fourth-order valence-electron chi connectivity index (χ4n) is 3.42. The number of benzene rings is 2. The van der Waals surface area contributed by atoms with Gasteiger partial charge in [-0.1, -0.05) is 29.3 Å². The zero-order valence-corrected chi connectivity index (χ0v) is 15.0. The first-order chi connectivity index (χ1) is 12.1. The number of hydrogen-bond donors (Lipinski definition) is 0. The number of carbonyl (C=O) groups excluding carboxylic acids is 1. The Morgan fingerprint density at radius 1 is 1.00 bits per heavy atom. The van der Waals surface area contributed by atoms with Crippen LogP contribution in [0, 0.1) is 0 Å². The van der Waals surface area contributed by atoms with E-state index in [2.05, 4.69) is 0 Å². The van der Waals surface area contributed by atoms with Crippen LogP contribution >= 0.6 is 23.2 Å². The second-order valence-electron chi connectivity index (χ2n) is 6.19. The number of rotatable bonds is 2. The molecule has 4 nitrogen and oxygen atoms in total. The first-order valence-corrected chi connectivity index (χ1v) is 9.04. The van der Waals surface area contributed by atoms with Gasteiger partial charge in [0.25, 0.3) is 5.91 Å². The van der Waals surface area contributed by atoms with E-state index in [4.69, 9.17) is 32.7 Å². The summed E-state index contributed by atoms with van der Waals surface area (Å²) in [6.45, 7) is 1.84. The summed E-state index contributed by atoms with van der Waals surface area (Å²) in [6, 6.07) is 11.0. The van der Waals surface area contributed by atoms with Crippen molar-refractivity contribution in [3.8, 4) is 11.5 Å². The van der Waals surface area contributed by atoms with Crippen LogP contribution in [0.2, 0.25) is 10.0 Å².